The van der Waals surface area contributed by atoms with Gasteiger partial charge in [-0.2, -0.15) is 0 Å². The molecule has 1 amide bonds. The van der Waals surface area contributed by atoms with Crippen LogP contribution in [0.15, 0.2) is 18.3 Å². The monoisotopic (exact) mass is 286 g/mol. The number of aromatic nitrogens is 1. The predicted octanol–water partition coefficient (Wildman–Crippen LogP) is 2.08. The lowest BCUT2D eigenvalue weighted by Gasteiger charge is -2.36. The van der Waals surface area contributed by atoms with E-state index in [0.717, 1.165) is 31.5 Å². The summed E-state index contributed by atoms with van der Waals surface area (Å²) in [5, 5.41) is 8.67. The first-order chi connectivity index (χ1) is 10.0. The van der Waals surface area contributed by atoms with Gasteiger partial charge in [0.15, 0.2) is 0 Å². The molecule has 1 saturated heterocycles. The summed E-state index contributed by atoms with van der Waals surface area (Å²) in [6.07, 6.45) is 4.13. The Labute approximate surface area is 126 Å². The highest BCUT2D eigenvalue weighted by Gasteiger charge is 2.28. The molecular weight excluding hydrogens is 264 g/mol. The molecule has 1 fully saturated rings. The number of amides is 1. The third-order valence-electron chi connectivity index (χ3n) is 3.86. The minimum Gasteiger partial charge on any atom is -0.395 e. The van der Waals surface area contributed by atoms with Crippen LogP contribution in [0.2, 0.25) is 0 Å². The van der Waals surface area contributed by atoms with E-state index < -0.39 is 0 Å². The first-order valence-electron chi connectivity index (χ1n) is 7.37. The number of piperidine rings is 1. The zero-order valence-electron chi connectivity index (χ0n) is 12.7. The van der Waals surface area contributed by atoms with E-state index in [4.69, 9.17) is 5.11 Å². The lowest BCUT2D eigenvalue weighted by Crippen LogP contribution is -2.41. The average molecular weight is 286 g/mol. The van der Waals surface area contributed by atoms with Gasteiger partial charge in [-0.3, -0.25) is 4.79 Å². The van der Waals surface area contributed by atoms with Crippen molar-refractivity contribution in [2.75, 3.05) is 19.7 Å². The number of rotatable bonds is 2. The van der Waals surface area contributed by atoms with E-state index >= 15 is 0 Å². The number of aliphatic hydroxyl groups is 1. The maximum atomic E-state index is 12.4. The number of pyridine rings is 1. The number of carbonyl (C=O) groups is 1. The van der Waals surface area contributed by atoms with E-state index in [1.807, 2.05) is 4.90 Å². The predicted molar refractivity (Wildman–Crippen MR) is 81.7 cm³/mol. The molecule has 2 rings (SSSR count). The number of aliphatic hydroxyl groups excluding tert-OH is 1. The number of likely N-dealkylation sites (tertiary alicyclic amines) is 1. The smallest absolute Gasteiger partial charge is 0.272 e. The standard InChI is InChI=1S/C17H22N2O2/c1-17(2)8-10-19(11-9-17)16(21)15-7-6-14(13-18-15)5-3-4-12-20/h6-7,13,20H,4,8-12H2,1-2H3. The van der Waals surface area contributed by atoms with Crippen LogP contribution in [-0.2, 0) is 0 Å². The Morgan fingerprint density at radius 1 is 1.38 bits per heavy atom. The molecule has 0 saturated carbocycles. The molecule has 0 bridgehead atoms. The fourth-order valence-corrected chi connectivity index (χ4v) is 2.29. The van der Waals surface area contributed by atoms with Gasteiger partial charge in [-0.15, -0.1) is 0 Å². The van der Waals surface area contributed by atoms with Gasteiger partial charge in [-0.05, 0) is 30.4 Å². The Balaban J connectivity index is 1.99. The molecule has 2 heterocycles. The third-order valence-corrected chi connectivity index (χ3v) is 3.86. The number of carbonyl (C=O) groups excluding carboxylic acids is 1. The third kappa shape index (κ3) is 4.30. The highest BCUT2D eigenvalue weighted by Crippen LogP contribution is 2.30. The van der Waals surface area contributed by atoms with Crippen molar-refractivity contribution in [2.24, 2.45) is 5.41 Å². The van der Waals surface area contributed by atoms with Gasteiger partial charge >= 0.3 is 0 Å². The molecule has 1 aromatic rings. The molecule has 4 nitrogen and oxygen atoms in total. The molecule has 1 aliphatic rings. The summed E-state index contributed by atoms with van der Waals surface area (Å²) in [7, 11) is 0. The summed E-state index contributed by atoms with van der Waals surface area (Å²) in [4.78, 5) is 18.5. The van der Waals surface area contributed by atoms with Crippen LogP contribution in [-0.4, -0.2) is 40.6 Å². The molecule has 0 aromatic carbocycles. The summed E-state index contributed by atoms with van der Waals surface area (Å²) < 4.78 is 0. The Morgan fingerprint density at radius 2 is 2.10 bits per heavy atom. The van der Waals surface area contributed by atoms with E-state index in [0.29, 0.717) is 17.5 Å². The van der Waals surface area contributed by atoms with Gasteiger partial charge in [0.25, 0.3) is 5.91 Å². The Morgan fingerprint density at radius 3 is 2.67 bits per heavy atom. The molecule has 1 N–H and O–H groups in total. The lowest BCUT2D eigenvalue weighted by molar-refractivity contribution is 0.0624. The van der Waals surface area contributed by atoms with Crippen LogP contribution >= 0.6 is 0 Å². The zero-order valence-corrected chi connectivity index (χ0v) is 12.7. The lowest BCUT2D eigenvalue weighted by atomic mass is 9.82. The normalized spacial score (nSPS) is 17.0. The minimum absolute atomic E-state index is 0.000340. The summed E-state index contributed by atoms with van der Waals surface area (Å²) in [6.45, 7) is 6.14. The first kappa shape index (κ1) is 15.5. The SMILES string of the molecule is CC1(C)CCN(C(=O)c2ccc(C#CCCO)cn2)CC1. The van der Waals surface area contributed by atoms with Crippen molar-refractivity contribution in [2.45, 2.75) is 33.1 Å². The largest absolute Gasteiger partial charge is 0.395 e. The van der Waals surface area contributed by atoms with Crippen molar-refractivity contribution in [1.82, 2.24) is 9.88 Å². The Bertz CT molecular complexity index is 542. The van der Waals surface area contributed by atoms with Crippen molar-refractivity contribution >= 4 is 5.91 Å². The Hall–Kier alpha value is -1.86. The van der Waals surface area contributed by atoms with Gasteiger partial charge in [0.05, 0.1) is 6.61 Å². The second kappa shape index (κ2) is 6.73. The van der Waals surface area contributed by atoms with Crippen LogP contribution in [0.1, 0.15) is 49.2 Å². The molecule has 0 radical (unpaired) electrons. The first-order valence-corrected chi connectivity index (χ1v) is 7.37. The summed E-state index contributed by atoms with van der Waals surface area (Å²) in [5.41, 5.74) is 1.57. The topological polar surface area (TPSA) is 53.4 Å². The van der Waals surface area contributed by atoms with Crippen molar-refractivity contribution in [3.8, 4) is 11.8 Å². The van der Waals surface area contributed by atoms with E-state index in [-0.39, 0.29) is 12.5 Å². The van der Waals surface area contributed by atoms with Crippen molar-refractivity contribution in [1.29, 1.82) is 0 Å². The molecule has 0 spiro atoms. The number of hydrogen-bond donors (Lipinski definition) is 1. The van der Waals surface area contributed by atoms with E-state index in [1.165, 1.54) is 0 Å². The van der Waals surface area contributed by atoms with Crippen LogP contribution in [0.4, 0.5) is 0 Å². The van der Waals surface area contributed by atoms with Crippen LogP contribution in [0.25, 0.3) is 0 Å². The summed E-state index contributed by atoms with van der Waals surface area (Å²) >= 11 is 0. The fraction of sp³-hybridized carbons (Fsp3) is 0.529. The maximum absolute atomic E-state index is 12.4. The van der Waals surface area contributed by atoms with Gasteiger partial charge in [0, 0.05) is 31.3 Å². The minimum atomic E-state index is 0.000340. The van der Waals surface area contributed by atoms with Crippen molar-refractivity contribution in [3.63, 3.8) is 0 Å². The summed E-state index contributed by atoms with van der Waals surface area (Å²) in [6, 6.07) is 3.53. The van der Waals surface area contributed by atoms with E-state index in [9.17, 15) is 4.79 Å². The maximum Gasteiger partial charge on any atom is 0.272 e. The second-order valence-electron chi connectivity index (χ2n) is 6.16. The summed E-state index contributed by atoms with van der Waals surface area (Å²) in [5.74, 6) is 5.74. The molecule has 4 heteroatoms. The van der Waals surface area contributed by atoms with Crippen molar-refractivity contribution in [3.05, 3.63) is 29.6 Å². The second-order valence-corrected chi connectivity index (χ2v) is 6.16. The highest BCUT2D eigenvalue weighted by molar-refractivity contribution is 5.92. The van der Waals surface area contributed by atoms with E-state index in [1.54, 1.807) is 18.3 Å². The number of hydrogen-bond acceptors (Lipinski definition) is 3. The van der Waals surface area contributed by atoms with Crippen LogP contribution in [0.5, 0.6) is 0 Å². The average Bonchev–Trinajstić information content (AvgIpc) is 2.48. The van der Waals surface area contributed by atoms with Gasteiger partial charge in [-0.25, -0.2) is 4.98 Å². The molecule has 112 valence electrons. The quantitative estimate of drug-likeness (QED) is 0.847. The molecule has 0 unspecified atom stereocenters. The molecule has 21 heavy (non-hydrogen) atoms. The molecule has 0 atom stereocenters. The van der Waals surface area contributed by atoms with Gasteiger partial charge in [0.1, 0.15) is 5.69 Å². The van der Waals surface area contributed by atoms with Crippen LogP contribution < -0.4 is 0 Å². The van der Waals surface area contributed by atoms with Crippen LogP contribution in [0.3, 0.4) is 0 Å². The molecule has 1 aliphatic heterocycles. The molecular formula is C17H22N2O2. The zero-order chi connectivity index (χ0) is 15.3. The van der Waals surface area contributed by atoms with Gasteiger partial charge in [0.2, 0.25) is 0 Å². The van der Waals surface area contributed by atoms with Gasteiger partial charge < -0.3 is 10.0 Å². The fourth-order valence-electron chi connectivity index (χ4n) is 2.29. The number of nitrogens with zero attached hydrogens (tertiary/aromatic N) is 2. The van der Waals surface area contributed by atoms with Crippen LogP contribution in [0, 0.1) is 17.3 Å². The Kier molecular flexibility index (Phi) is 4.98. The highest BCUT2D eigenvalue weighted by atomic mass is 16.2. The van der Waals surface area contributed by atoms with Gasteiger partial charge in [-0.1, -0.05) is 25.7 Å². The van der Waals surface area contributed by atoms with E-state index in [2.05, 4.69) is 30.7 Å². The molecule has 0 aliphatic carbocycles. The molecule has 1 aromatic heterocycles. The van der Waals surface area contributed by atoms with Crippen molar-refractivity contribution < 1.29 is 9.90 Å².